The smallest absolute Gasteiger partial charge is 0.141 e. The van der Waals surface area contributed by atoms with Crippen molar-refractivity contribution in [3.8, 4) is 5.75 Å². The highest BCUT2D eigenvalue weighted by atomic mass is 35.5. The maximum absolute atomic E-state index is 6.09. The van der Waals surface area contributed by atoms with Crippen molar-refractivity contribution < 1.29 is 4.74 Å². The Hall–Kier alpha value is -0.440. The molecule has 0 fully saturated rings. The van der Waals surface area contributed by atoms with Crippen molar-refractivity contribution in [1.29, 1.82) is 0 Å². The van der Waals surface area contributed by atoms with Crippen LogP contribution in [0.15, 0.2) is 12.1 Å². The van der Waals surface area contributed by atoms with Crippen LogP contribution in [0.1, 0.15) is 25.3 Å². The van der Waals surface area contributed by atoms with Crippen molar-refractivity contribution in [2.45, 2.75) is 32.3 Å². The molecular weight excluding hydrogens is 257 g/mol. The summed E-state index contributed by atoms with van der Waals surface area (Å²) in [5.41, 5.74) is 1.12. The lowest BCUT2D eigenvalue weighted by Crippen LogP contribution is -2.30. The van der Waals surface area contributed by atoms with E-state index in [0.29, 0.717) is 10.0 Å². The van der Waals surface area contributed by atoms with E-state index >= 15 is 0 Å². The molecule has 1 heterocycles. The molecule has 2 nitrogen and oxygen atoms in total. The first kappa shape index (κ1) is 13.0. The molecule has 4 heteroatoms. The van der Waals surface area contributed by atoms with Crippen LogP contribution in [0.3, 0.4) is 0 Å². The first-order valence-electron chi connectivity index (χ1n) is 6.06. The average Bonchev–Trinajstić information content (AvgIpc) is 2.67. The largest absolute Gasteiger partial charge is 0.487 e. The topological polar surface area (TPSA) is 21.3 Å². The molecule has 1 aromatic carbocycles. The second-order valence-corrected chi connectivity index (χ2v) is 5.22. The Bertz CT molecular complexity index is 395. The summed E-state index contributed by atoms with van der Waals surface area (Å²) in [5.74, 6) is 0.804. The van der Waals surface area contributed by atoms with Crippen LogP contribution in [-0.4, -0.2) is 19.2 Å². The van der Waals surface area contributed by atoms with Crippen LogP contribution in [-0.2, 0) is 6.42 Å². The Kier molecular flexibility index (Phi) is 4.55. The highest BCUT2D eigenvalue weighted by Gasteiger charge is 2.25. The van der Waals surface area contributed by atoms with Gasteiger partial charge >= 0.3 is 0 Å². The van der Waals surface area contributed by atoms with E-state index < -0.39 is 0 Å². The van der Waals surface area contributed by atoms with Crippen LogP contribution in [0, 0.1) is 0 Å². The van der Waals surface area contributed by atoms with Gasteiger partial charge in [0.2, 0.25) is 0 Å². The minimum atomic E-state index is 0.179. The summed E-state index contributed by atoms with van der Waals surface area (Å²) < 4.78 is 5.82. The fraction of sp³-hybridized carbons (Fsp3) is 0.538. The van der Waals surface area contributed by atoms with Gasteiger partial charge in [-0.25, -0.2) is 0 Å². The Morgan fingerprint density at radius 2 is 2.24 bits per heavy atom. The number of rotatable bonds is 5. The Morgan fingerprint density at radius 1 is 1.41 bits per heavy atom. The predicted molar refractivity (Wildman–Crippen MR) is 72.4 cm³/mol. The number of benzene rings is 1. The Morgan fingerprint density at radius 3 is 3.00 bits per heavy atom. The SMILES string of the molecule is CCCCNCC1Cc2cc(Cl)cc(Cl)c2O1. The molecule has 0 radical (unpaired) electrons. The molecule has 0 aromatic heterocycles. The number of fused-ring (bicyclic) bond motifs is 1. The number of halogens is 2. The summed E-state index contributed by atoms with van der Waals surface area (Å²) in [7, 11) is 0. The molecule has 1 unspecified atom stereocenters. The Balaban J connectivity index is 1.90. The molecule has 0 saturated heterocycles. The van der Waals surface area contributed by atoms with E-state index in [0.717, 1.165) is 30.8 Å². The summed E-state index contributed by atoms with van der Waals surface area (Å²) in [6.45, 7) is 4.09. The number of ether oxygens (including phenoxy) is 1. The molecule has 1 atom stereocenters. The second kappa shape index (κ2) is 5.94. The molecule has 0 spiro atoms. The van der Waals surface area contributed by atoms with E-state index in [4.69, 9.17) is 27.9 Å². The van der Waals surface area contributed by atoms with E-state index in [1.165, 1.54) is 12.8 Å². The highest BCUT2D eigenvalue weighted by Crippen LogP contribution is 2.38. The van der Waals surface area contributed by atoms with Crippen molar-refractivity contribution in [1.82, 2.24) is 5.32 Å². The summed E-state index contributed by atoms with van der Waals surface area (Å²) in [6.07, 6.45) is 3.47. The number of nitrogens with one attached hydrogen (secondary N) is 1. The maximum atomic E-state index is 6.09. The molecule has 17 heavy (non-hydrogen) atoms. The third-order valence-electron chi connectivity index (χ3n) is 2.90. The lowest BCUT2D eigenvalue weighted by atomic mass is 10.1. The Labute approximate surface area is 112 Å². The minimum absolute atomic E-state index is 0.179. The lowest BCUT2D eigenvalue weighted by Gasteiger charge is -2.11. The number of hydrogen-bond donors (Lipinski definition) is 1. The molecule has 0 saturated carbocycles. The molecule has 1 N–H and O–H groups in total. The molecule has 2 rings (SSSR count). The van der Waals surface area contributed by atoms with Gasteiger partial charge in [0.25, 0.3) is 0 Å². The molecule has 1 aliphatic heterocycles. The lowest BCUT2D eigenvalue weighted by molar-refractivity contribution is 0.228. The van der Waals surface area contributed by atoms with Crippen molar-refractivity contribution in [2.75, 3.05) is 13.1 Å². The molecule has 0 aliphatic carbocycles. The summed E-state index contributed by atoms with van der Waals surface area (Å²) in [5, 5.41) is 4.69. The molecule has 0 amide bonds. The molecule has 94 valence electrons. The van der Waals surface area contributed by atoms with Crippen LogP contribution in [0.25, 0.3) is 0 Å². The maximum Gasteiger partial charge on any atom is 0.141 e. The van der Waals surface area contributed by atoms with Crippen molar-refractivity contribution in [3.05, 3.63) is 27.7 Å². The van der Waals surface area contributed by atoms with E-state index in [-0.39, 0.29) is 6.10 Å². The third kappa shape index (κ3) is 3.27. The van der Waals surface area contributed by atoms with Gasteiger partial charge in [-0.3, -0.25) is 0 Å². The summed E-state index contributed by atoms with van der Waals surface area (Å²) >= 11 is 12.1. The van der Waals surface area contributed by atoms with Crippen LogP contribution < -0.4 is 10.1 Å². The molecule has 1 aliphatic rings. The van der Waals surface area contributed by atoms with Gasteiger partial charge in [0.1, 0.15) is 11.9 Å². The summed E-state index contributed by atoms with van der Waals surface area (Å²) in [6, 6.07) is 3.67. The highest BCUT2D eigenvalue weighted by molar-refractivity contribution is 6.35. The first-order valence-corrected chi connectivity index (χ1v) is 6.81. The molecule has 1 aromatic rings. The van der Waals surface area contributed by atoms with Gasteiger partial charge in [-0.05, 0) is 25.1 Å². The molecule has 0 bridgehead atoms. The normalized spacial score (nSPS) is 17.9. The van der Waals surface area contributed by atoms with Crippen LogP contribution >= 0.6 is 23.2 Å². The first-order chi connectivity index (χ1) is 8.20. The fourth-order valence-corrected chi connectivity index (χ4v) is 2.61. The zero-order valence-electron chi connectivity index (χ0n) is 9.93. The molecular formula is C13H17Cl2NO. The van der Waals surface area contributed by atoms with Crippen molar-refractivity contribution >= 4 is 23.2 Å². The van der Waals surface area contributed by atoms with Gasteiger partial charge in [0.15, 0.2) is 0 Å². The zero-order chi connectivity index (χ0) is 12.3. The van der Waals surface area contributed by atoms with Crippen LogP contribution in [0.5, 0.6) is 5.75 Å². The zero-order valence-corrected chi connectivity index (χ0v) is 11.4. The van der Waals surface area contributed by atoms with Gasteiger partial charge in [0.05, 0.1) is 5.02 Å². The van der Waals surface area contributed by atoms with Gasteiger partial charge in [-0.1, -0.05) is 36.5 Å². The van der Waals surface area contributed by atoms with Crippen LogP contribution in [0.4, 0.5) is 0 Å². The van der Waals surface area contributed by atoms with Gasteiger partial charge < -0.3 is 10.1 Å². The van der Waals surface area contributed by atoms with E-state index in [1.54, 1.807) is 6.07 Å². The van der Waals surface area contributed by atoms with Gasteiger partial charge in [-0.15, -0.1) is 0 Å². The van der Waals surface area contributed by atoms with Gasteiger partial charge in [0, 0.05) is 23.6 Å². The van der Waals surface area contributed by atoms with Crippen molar-refractivity contribution in [3.63, 3.8) is 0 Å². The van der Waals surface area contributed by atoms with Gasteiger partial charge in [-0.2, -0.15) is 0 Å². The monoisotopic (exact) mass is 273 g/mol. The average molecular weight is 274 g/mol. The summed E-state index contributed by atoms with van der Waals surface area (Å²) in [4.78, 5) is 0. The quantitative estimate of drug-likeness (QED) is 0.827. The third-order valence-corrected chi connectivity index (χ3v) is 3.40. The van der Waals surface area contributed by atoms with Crippen molar-refractivity contribution in [2.24, 2.45) is 0 Å². The number of unbranched alkanes of at least 4 members (excludes halogenated alkanes) is 1. The second-order valence-electron chi connectivity index (χ2n) is 4.38. The minimum Gasteiger partial charge on any atom is -0.487 e. The predicted octanol–water partition coefficient (Wildman–Crippen LogP) is 3.69. The van der Waals surface area contributed by atoms with E-state index in [9.17, 15) is 0 Å². The van der Waals surface area contributed by atoms with Crippen LogP contribution in [0.2, 0.25) is 10.0 Å². The van der Waals surface area contributed by atoms with E-state index in [2.05, 4.69) is 12.2 Å². The fourth-order valence-electron chi connectivity index (χ4n) is 2.03. The number of hydrogen-bond acceptors (Lipinski definition) is 2. The standard InChI is InChI=1S/C13H17Cl2NO/c1-2-3-4-16-8-11-6-9-5-10(14)7-12(15)13(9)17-11/h5,7,11,16H,2-4,6,8H2,1H3. The van der Waals surface area contributed by atoms with E-state index in [1.807, 2.05) is 6.07 Å².